The Morgan fingerprint density at radius 2 is 2.35 bits per heavy atom. The molecule has 0 amide bonds. The Hall–Kier alpha value is -1.46. The Balaban J connectivity index is 2.27. The van der Waals surface area contributed by atoms with Gasteiger partial charge in [0.1, 0.15) is 0 Å². The molecule has 2 N–H and O–H groups in total. The molecule has 1 aromatic rings. The smallest absolute Gasteiger partial charge is 0.272 e. The van der Waals surface area contributed by atoms with Crippen molar-refractivity contribution in [1.29, 1.82) is 0 Å². The molecular formula is C12H16N2O3. The van der Waals surface area contributed by atoms with Gasteiger partial charge in [0.2, 0.25) is 0 Å². The summed E-state index contributed by atoms with van der Waals surface area (Å²) in [6.07, 6.45) is 1.43. The van der Waals surface area contributed by atoms with E-state index in [-0.39, 0.29) is 16.1 Å². The molecule has 92 valence electrons. The van der Waals surface area contributed by atoms with Crippen molar-refractivity contribution < 1.29 is 9.66 Å². The van der Waals surface area contributed by atoms with E-state index in [1.165, 1.54) is 6.07 Å². The zero-order chi connectivity index (χ0) is 12.5. The van der Waals surface area contributed by atoms with Crippen LogP contribution in [0.1, 0.15) is 17.5 Å². The van der Waals surface area contributed by atoms with Gasteiger partial charge in [-0.1, -0.05) is 12.1 Å². The van der Waals surface area contributed by atoms with E-state index in [0.717, 1.165) is 12.0 Å². The van der Waals surface area contributed by atoms with Gasteiger partial charge in [0.05, 0.1) is 11.5 Å². The fourth-order valence-corrected chi connectivity index (χ4v) is 2.20. The van der Waals surface area contributed by atoms with E-state index in [0.29, 0.717) is 25.2 Å². The molecule has 0 radical (unpaired) electrons. The zero-order valence-corrected chi connectivity index (χ0v) is 9.81. The summed E-state index contributed by atoms with van der Waals surface area (Å²) in [5.41, 5.74) is 7.61. The number of nitrogens with zero attached hydrogens (tertiary/aromatic N) is 1. The molecule has 1 unspecified atom stereocenters. The highest BCUT2D eigenvalue weighted by atomic mass is 16.6. The minimum absolute atomic E-state index is 0.157. The van der Waals surface area contributed by atoms with Crippen LogP contribution in [0.3, 0.4) is 0 Å². The van der Waals surface area contributed by atoms with Crippen LogP contribution in [0.25, 0.3) is 0 Å². The lowest BCUT2D eigenvalue weighted by Gasteiger charge is -2.22. The Morgan fingerprint density at radius 1 is 1.59 bits per heavy atom. The number of ether oxygens (including phenoxy) is 1. The third kappa shape index (κ3) is 2.45. The average Bonchev–Trinajstić information content (AvgIpc) is 2.68. The summed E-state index contributed by atoms with van der Waals surface area (Å²) >= 11 is 0. The Labute approximate surface area is 99.7 Å². The molecule has 1 atom stereocenters. The lowest BCUT2D eigenvalue weighted by molar-refractivity contribution is -0.385. The quantitative estimate of drug-likeness (QED) is 0.638. The lowest BCUT2D eigenvalue weighted by atomic mass is 9.89. The van der Waals surface area contributed by atoms with Gasteiger partial charge in [-0.2, -0.15) is 0 Å². The first-order chi connectivity index (χ1) is 8.02. The van der Waals surface area contributed by atoms with Crippen LogP contribution < -0.4 is 5.73 Å². The minimum atomic E-state index is -0.375. The first-order valence-corrected chi connectivity index (χ1v) is 5.61. The lowest BCUT2D eigenvalue weighted by Crippen LogP contribution is -2.42. The number of benzene rings is 1. The van der Waals surface area contributed by atoms with Gasteiger partial charge in [0.15, 0.2) is 0 Å². The maximum atomic E-state index is 10.8. The number of rotatable bonds is 3. The second-order valence-corrected chi connectivity index (χ2v) is 4.66. The van der Waals surface area contributed by atoms with Crippen molar-refractivity contribution in [3.63, 3.8) is 0 Å². The van der Waals surface area contributed by atoms with Crippen LogP contribution in [0.2, 0.25) is 0 Å². The van der Waals surface area contributed by atoms with Gasteiger partial charge < -0.3 is 10.5 Å². The van der Waals surface area contributed by atoms with Crippen LogP contribution in [0.5, 0.6) is 0 Å². The molecule has 0 bridgehead atoms. The molecule has 1 saturated heterocycles. The molecule has 1 fully saturated rings. The molecule has 0 aromatic heterocycles. The molecule has 1 heterocycles. The monoisotopic (exact) mass is 236 g/mol. The second kappa shape index (κ2) is 4.43. The predicted octanol–water partition coefficient (Wildman–Crippen LogP) is 1.56. The first kappa shape index (κ1) is 12.0. The Kier molecular flexibility index (Phi) is 3.13. The van der Waals surface area contributed by atoms with Crippen molar-refractivity contribution in [2.24, 2.45) is 5.73 Å². The summed E-state index contributed by atoms with van der Waals surface area (Å²) in [7, 11) is 0. The fraction of sp³-hybridized carbons (Fsp3) is 0.500. The summed E-state index contributed by atoms with van der Waals surface area (Å²) in [6, 6.07) is 5.13. The van der Waals surface area contributed by atoms with Crippen molar-refractivity contribution in [1.82, 2.24) is 0 Å². The summed E-state index contributed by atoms with van der Waals surface area (Å²) in [6.45, 7) is 2.96. The van der Waals surface area contributed by atoms with Gasteiger partial charge in [0, 0.05) is 23.8 Å². The third-order valence-electron chi connectivity index (χ3n) is 3.29. The molecule has 5 nitrogen and oxygen atoms in total. The van der Waals surface area contributed by atoms with Crippen LogP contribution in [0.15, 0.2) is 18.2 Å². The highest BCUT2D eigenvalue weighted by Gasteiger charge is 2.31. The standard InChI is InChI=1S/C12H16N2O3/c1-9-10(3-2-4-11(9)14(15)16)7-12(13)5-6-17-8-12/h2-4H,5-8,13H2,1H3. The average molecular weight is 236 g/mol. The molecule has 0 saturated carbocycles. The topological polar surface area (TPSA) is 78.4 Å². The molecule has 1 aliphatic heterocycles. The number of nitro benzene ring substituents is 1. The SMILES string of the molecule is Cc1c(CC2(N)CCOC2)cccc1[N+](=O)[O-]. The molecule has 5 heteroatoms. The second-order valence-electron chi connectivity index (χ2n) is 4.66. The Bertz CT molecular complexity index is 439. The minimum Gasteiger partial charge on any atom is -0.379 e. The van der Waals surface area contributed by atoms with Gasteiger partial charge in [0.25, 0.3) is 5.69 Å². The van der Waals surface area contributed by atoms with Crippen LogP contribution in [-0.2, 0) is 11.2 Å². The maximum absolute atomic E-state index is 10.8. The molecule has 0 spiro atoms. The molecule has 1 aromatic carbocycles. The van der Waals surface area contributed by atoms with E-state index in [9.17, 15) is 10.1 Å². The summed E-state index contributed by atoms with van der Waals surface area (Å²) in [4.78, 5) is 10.5. The van der Waals surface area contributed by atoms with Gasteiger partial charge in [-0.15, -0.1) is 0 Å². The maximum Gasteiger partial charge on any atom is 0.272 e. The van der Waals surface area contributed by atoms with Gasteiger partial charge in [-0.3, -0.25) is 10.1 Å². The van der Waals surface area contributed by atoms with Crippen molar-refractivity contribution in [3.05, 3.63) is 39.4 Å². The van der Waals surface area contributed by atoms with Crippen molar-refractivity contribution in [3.8, 4) is 0 Å². The number of nitrogens with two attached hydrogens (primary N) is 1. The largest absolute Gasteiger partial charge is 0.379 e. The molecular weight excluding hydrogens is 220 g/mol. The molecule has 1 aliphatic rings. The van der Waals surface area contributed by atoms with E-state index in [4.69, 9.17) is 10.5 Å². The van der Waals surface area contributed by atoms with E-state index in [2.05, 4.69) is 0 Å². The van der Waals surface area contributed by atoms with Crippen molar-refractivity contribution >= 4 is 5.69 Å². The van der Waals surface area contributed by atoms with Crippen LogP contribution in [0.4, 0.5) is 5.69 Å². The summed E-state index contributed by atoms with van der Waals surface area (Å²) < 4.78 is 5.29. The normalized spacial score (nSPS) is 23.9. The molecule has 0 aliphatic carbocycles. The summed E-state index contributed by atoms with van der Waals surface area (Å²) in [5, 5.41) is 10.8. The predicted molar refractivity (Wildman–Crippen MR) is 63.9 cm³/mol. The van der Waals surface area contributed by atoms with Crippen molar-refractivity contribution in [2.45, 2.75) is 25.3 Å². The highest BCUT2D eigenvalue weighted by Crippen LogP contribution is 2.27. The van der Waals surface area contributed by atoms with Crippen LogP contribution >= 0.6 is 0 Å². The van der Waals surface area contributed by atoms with E-state index in [1.807, 2.05) is 6.07 Å². The van der Waals surface area contributed by atoms with E-state index >= 15 is 0 Å². The van der Waals surface area contributed by atoms with Gasteiger partial charge >= 0.3 is 0 Å². The molecule has 2 rings (SSSR count). The van der Waals surface area contributed by atoms with Crippen LogP contribution in [0, 0.1) is 17.0 Å². The van der Waals surface area contributed by atoms with Crippen molar-refractivity contribution in [2.75, 3.05) is 13.2 Å². The van der Waals surface area contributed by atoms with Gasteiger partial charge in [-0.05, 0) is 25.3 Å². The van der Waals surface area contributed by atoms with Crippen LogP contribution in [-0.4, -0.2) is 23.7 Å². The number of hydrogen-bond acceptors (Lipinski definition) is 4. The van der Waals surface area contributed by atoms with E-state index < -0.39 is 0 Å². The molecule has 17 heavy (non-hydrogen) atoms. The Morgan fingerprint density at radius 3 is 2.94 bits per heavy atom. The highest BCUT2D eigenvalue weighted by molar-refractivity contribution is 5.45. The van der Waals surface area contributed by atoms with Gasteiger partial charge in [-0.25, -0.2) is 0 Å². The zero-order valence-electron chi connectivity index (χ0n) is 9.81. The summed E-state index contributed by atoms with van der Waals surface area (Å²) in [5.74, 6) is 0. The number of nitro groups is 1. The third-order valence-corrected chi connectivity index (χ3v) is 3.29. The number of hydrogen-bond donors (Lipinski definition) is 1. The first-order valence-electron chi connectivity index (χ1n) is 5.61. The fourth-order valence-electron chi connectivity index (χ4n) is 2.20. The van der Waals surface area contributed by atoms with E-state index in [1.54, 1.807) is 13.0 Å².